The lowest BCUT2D eigenvalue weighted by Gasteiger charge is -2.11. The molecule has 0 aliphatic carbocycles. The highest BCUT2D eigenvalue weighted by molar-refractivity contribution is 5.78. The van der Waals surface area contributed by atoms with Crippen molar-refractivity contribution in [2.24, 2.45) is 5.73 Å². The fraction of sp³-hybridized carbons (Fsp3) is 0.167. The van der Waals surface area contributed by atoms with E-state index in [1.165, 1.54) is 5.56 Å². The summed E-state index contributed by atoms with van der Waals surface area (Å²) in [6.07, 6.45) is 0. The van der Waals surface area contributed by atoms with E-state index in [0.29, 0.717) is 13.2 Å². The number of nitrogens with zero attached hydrogens (tertiary/aromatic N) is 1. The van der Waals surface area contributed by atoms with Gasteiger partial charge in [-0.05, 0) is 25.1 Å². The summed E-state index contributed by atoms with van der Waals surface area (Å²) < 4.78 is 5.88. The van der Waals surface area contributed by atoms with Crippen molar-refractivity contribution in [2.75, 3.05) is 0 Å². The maximum atomic E-state index is 5.88. The molecule has 0 unspecified atom stereocenters. The minimum Gasteiger partial charge on any atom is -0.487 e. The van der Waals surface area contributed by atoms with Gasteiger partial charge in [0.15, 0.2) is 0 Å². The van der Waals surface area contributed by atoms with Gasteiger partial charge in [-0.25, -0.2) is 4.98 Å². The highest BCUT2D eigenvalue weighted by Gasteiger charge is 2.04. The summed E-state index contributed by atoms with van der Waals surface area (Å²) in [4.78, 5) is 4.61. The average molecular weight is 278 g/mol. The number of ether oxygens (including phenoxy) is 1. The van der Waals surface area contributed by atoms with Crippen LogP contribution in [0.1, 0.15) is 16.8 Å². The minimum atomic E-state index is 0.445. The molecular formula is C18H18N2O. The Hall–Kier alpha value is -2.39. The van der Waals surface area contributed by atoms with Gasteiger partial charge < -0.3 is 10.5 Å². The second-order valence-electron chi connectivity index (χ2n) is 5.10. The van der Waals surface area contributed by atoms with Gasteiger partial charge in [0.1, 0.15) is 12.4 Å². The van der Waals surface area contributed by atoms with Crippen LogP contribution in [0.3, 0.4) is 0 Å². The number of pyridine rings is 1. The quantitative estimate of drug-likeness (QED) is 0.793. The molecule has 3 heteroatoms. The number of benzene rings is 2. The van der Waals surface area contributed by atoms with Crippen molar-refractivity contribution >= 4 is 10.9 Å². The molecule has 3 nitrogen and oxygen atoms in total. The summed E-state index contributed by atoms with van der Waals surface area (Å²) in [7, 11) is 0. The topological polar surface area (TPSA) is 48.1 Å². The van der Waals surface area contributed by atoms with Crippen LogP contribution in [-0.4, -0.2) is 4.98 Å². The van der Waals surface area contributed by atoms with E-state index in [-0.39, 0.29) is 0 Å². The van der Waals surface area contributed by atoms with Gasteiger partial charge >= 0.3 is 0 Å². The predicted octanol–water partition coefficient (Wildman–Crippen LogP) is 3.58. The fourth-order valence-corrected chi connectivity index (χ4v) is 2.35. The van der Waals surface area contributed by atoms with Crippen LogP contribution in [0.2, 0.25) is 0 Å². The molecule has 0 bridgehead atoms. The Labute approximate surface area is 124 Å². The number of hydrogen-bond donors (Lipinski definition) is 1. The lowest BCUT2D eigenvalue weighted by molar-refractivity contribution is 0.298. The van der Waals surface area contributed by atoms with Crippen LogP contribution < -0.4 is 10.5 Å². The second-order valence-corrected chi connectivity index (χ2v) is 5.10. The Bertz CT molecular complexity index is 768. The molecule has 106 valence electrons. The zero-order valence-corrected chi connectivity index (χ0v) is 12.0. The Balaban J connectivity index is 1.80. The largest absolute Gasteiger partial charge is 0.487 e. The van der Waals surface area contributed by atoms with Gasteiger partial charge in [0, 0.05) is 17.5 Å². The van der Waals surface area contributed by atoms with E-state index in [1.807, 2.05) is 43.3 Å². The normalized spacial score (nSPS) is 10.8. The van der Waals surface area contributed by atoms with Gasteiger partial charge in [-0.2, -0.15) is 0 Å². The van der Waals surface area contributed by atoms with Crippen molar-refractivity contribution in [3.8, 4) is 5.75 Å². The average Bonchev–Trinajstić information content (AvgIpc) is 2.53. The summed E-state index contributed by atoms with van der Waals surface area (Å²) in [6.45, 7) is 2.97. The molecule has 1 heterocycles. The van der Waals surface area contributed by atoms with Gasteiger partial charge in [-0.15, -0.1) is 0 Å². The van der Waals surface area contributed by atoms with Crippen molar-refractivity contribution in [2.45, 2.75) is 20.1 Å². The van der Waals surface area contributed by atoms with Crippen LogP contribution >= 0.6 is 0 Å². The third kappa shape index (κ3) is 3.03. The second kappa shape index (κ2) is 5.94. The van der Waals surface area contributed by atoms with E-state index in [2.05, 4.69) is 23.2 Å². The van der Waals surface area contributed by atoms with Crippen LogP contribution in [0.4, 0.5) is 0 Å². The summed E-state index contributed by atoms with van der Waals surface area (Å²) in [5.74, 6) is 0.832. The number of para-hydroxylation sites is 1. The predicted molar refractivity (Wildman–Crippen MR) is 85.1 cm³/mol. The molecule has 21 heavy (non-hydrogen) atoms. The molecule has 0 aliphatic rings. The molecular weight excluding hydrogens is 260 g/mol. The number of rotatable bonds is 4. The first-order chi connectivity index (χ1) is 10.3. The molecule has 0 saturated carbocycles. The first kappa shape index (κ1) is 13.6. The molecule has 1 aromatic heterocycles. The summed E-state index contributed by atoms with van der Waals surface area (Å²) in [5, 5.41) is 1.14. The van der Waals surface area contributed by atoms with Crippen molar-refractivity contribution < 1.29 is 4.74 Å². The molecule has 2 aromatic carbocycles. The molecule has 2 N–H and O–H groups in total. The van der Waals surface area contributed by atoms with Crippen molar-refractivity contribution in [3.05, 3.63) is 71.4 Å². The van der Waals surface area contributed by atoms with Crippen LogP contribution in [-0.2, 0) is 13.2 Å². The molecule has 0 fully saturated rings. The number of aryl methyl sites for hydroxylation is 1. The van der Waals surface area contributed by atoms with Crippen LogP contribution in [0.5, 0.6) is 5.75 Å². The maximum Gasteiger partial charge on any atom is 0.130 e. The van der Waals surface area contributed by atoms with E-state index < -0.39 is 0 Å². The van der Waals surface area contributed by atoms with E-state index >= 15 is 0 Å². The lowest BCUT2D eigenvalue weighted by Crippen LogP contribution is -2.04. The highest BCUT2D eigenvalue weighted by Crippen LogP contribution is 2.21. The Morgan fingerprint density at radius 2 is 1.90 bits per heavy atom. The van der Waals surface area contributed by atoms with Crippen molar-refractivity contribution in [3.63, 3.8) is 0 Å². The van der Waals surface area contributed by atoms with E-state index in [9.17, 15) is 0 Å². The molecule has 3 rings (SSSR count). The highest BCUT2D eigenvalue weighted by atomic mass is 16.5. The smallest absolute Gasteiger partial charge is 0.130 e. The minimum absolute atomic E-state index is 0.445. The van der Waals surface area contributed by atoms with E-state index in [0.717, 1.165) is 27.9 Å². The number of fused-ring (bicyclic) bond motifs is 1. The monoisotopic (exact) mass is 278 g/mol. The fourth-order valence-electron chi connectivity index (χ4n) is 2.35. The third-order valence-corrected chi connectivity index (χ3v) is 3.47. The molecule has 0 saturated heterocycles. The van der Waals surface area contributed by atoms with Crippen molar-refractivity contribution in [1.29, 1.82) is 0 Å². The Morgan fingerprint density at radius 3 is 2.76 bits per heavy atom. The molecule has 3 aromatic rings. The van der Waals surface area contributed by atoms with Gasteiger partial charge in [0.25, 0.3) is 0 Å². The SMILES string of the molecule is Cc1ccc(OCc2ccc3ccccc3n2)c(CN)c1. The van der Waals surface area contributed by atoms with Gasteiger partial charge in [-0.3, -0.25) is 0 Å². The van der Waals surface area contributed by atoms with Crippen molar-refractivity contribution in [1.82, 2.24) is 4.98 Å². The van der Waals surface area contributed by atoms with Gasteiger partial charge in [0.05, 0.1) is 11.2 Å². The third-order valence-electron chi connectivity index (χ3n) is 3.47. The van der Waals surface area contributed by atoms with Crippen LogP contribution in [0, 0.1) is 6.92 Å². The Kier molecular flexibility index (Phi) is 3.84. The first-order valence-electron chi connectivity index (χ1n) is 7.03. The van der Waals surface area contributed by atoms with Gasteiger partial charge in [0.2, 0.25) is 0 Å². The lowest BCUT2D eigenvalue weighted by atomic mass is 10.1. The molecule has 0 aliphatic heterocycles. The Morgan fingerprint density at radius 1 is 1.05 bits per heavy atom. The molecule has 0 atom stereocenters. The molecule has 0 amide bonds. The molecule has 0 radical (unpaired) electrons. The maximum absolute atomic E-state index is 5.88. The van der Waals surface area contributed by atoms with Gasteiger partial charge in [-0.1, -0.05) is 42.0 Å². The number of aromatic nitrogens is 1. The summed E-state index contributed by atoms with van der Waals surface area (Å²) >= 11 is 0. The summed E-state index contributed by atoms with van der Waals surface area (Å²) in [6, 6.07) is 18.2. The van der Waals surface area contributed by atoms with Crippen LogP contribution in [0.25, 0.3) is 10.9 Å². The number of hydrogen-bond acceptors (Lipinski definition) is 3. The zero-order valence-electron chi connectivity index (χ0n) is 12.0. The molecule has 0 spiro atoms. The number of nitrogens with two attached hydrogens (primary N) is 1. The van der Waals surface area contributed by atoms with Crippen LogP contribution in [0.15, 0.2) is 54.6 Å². The first-order valence-corrected chi connectivity index (χ1v) is 7.03. The van der Waals surface area contributed by atoms with E-state index in [4.69, 9.17) is 10.5 Å². The zero-order chi connectivity index (χ0) is 14.7. The summed E-state index contributed by atoms with van der Waals surface area (Å²) in [5.41, 5.74) is 9.88. The van der Waals surface area contributed by atoms with E-state index in [1.54, 1.807) is 0 Å². The standard InChI is InChI=1S/C18H18N2O/c1-13-6-9-18(15(10-13)11-19)21-12-16-8-7-14-4-2-3-5-17(14)20-16/h2-10H,11-12,19H2,1H3.